The first kappa shape index (κ1) is 17.5. The van der Waals surface area contributed by atoms with Crippen LogP contribution >= 0.6 is 0 Å². The van der Waals surface area contributed by atoms with Crippen molar-refractivity contribution in [1.82, 2.24) is 5.32 Å². The molecule has 1 aromatic carbocycles. The molecule has 1 fully saturated rings. The summed E-state index contributed by atoms with van der Waals surface area (Å²) in [6.45, 7) is 4.97. The number of furan rings is 1. The molecule has 2 N–H and O–H groups in total. The lowest BCUT2D eigenvalue weighted by Crippen LogP contribution is -3.11. The van der Waals surface area contributed by atoms with Crippen LogP contribution in [0.1, 0.15) is 37.1 Å². The van der Waals surface area contributed by atoms with Crippen molar-refractivity contribution in [3.8, 4) is 5.75 Å². The van der Waals surface area contributed by atoms with Crippen molar-refractivity contribution in [2.24, 2.45) is 0 Å². The van der Waals surface area contributed by atoms with Gasteiger partial charge in [-0.2, -0.15) is 0 Å². The Bertz CT molecular complexity index is 646. The van der Waals surface area contributed by atoms with E-state index < -0.39 is 0 Å². The molecule has 5 nitrogen and oxygen atoms in total. The Kier molecular flexibility index (Phi) is 6.12. The molecule has 5 heteroatoms. The van der Waals surface area contributed by atoms with Crippen molar-refractivity contribution in [2.75, 3.05) is 26.2 Å². The van der Waals surface area contributed by atoms with Gasteiger partial charge in [0, 0.05) is 12.8 Å². The van der Waals surface area contributed by atoms with Crippen LogP contribution in [0.5, 0.6) is 5.75 Å². The van der Waals surface area contributed by atoms with Gasteiger partial charge < -0.3 is 19.4 Å². The predicted octanol–water partition coefficient (Wildman–Crippen LogP) is 1.76. The first-order chi connectivity index (χ1) is 12.3. The molecule has 1 saturated heterocycles. The van der Waals surface area contributed by atoms with Gasteiger partial charge in [-0.1, -0.05) is 19.1 Å². The van der Waals surface area contributed by atoms with Crippen LogP contribution in [0.4, 0.5) is 0 Å². The summed E-state index contributed by atoms with van der Waals surface area (Å²) >= 11 is 0. The van der Waals surface area contributed by atoms with Crippen molar-refractivity contribution in [2.45, 2.75) is 32.2 Å². The monoisotopic (exact) mass is 343 g/mol. The van der Waals surface area contributed by atoms with Crippen molar-refractivity contribution in [3.05, 3.63) is 54.0 Å². The maximum atomic E-state index is 12.2. The largest absolute Gasteiger partial charge is 0.484 e. The van der Waals surface area contributed by atoms with Gasteiger partial charge >= 0.3 is 0 Å². The summed E-state index contributed by atoms with van der Waals surface area (Å²) in [6.07, 6.45) is 5.16. The first-order valence-corrected chi connectivity index (χ1v) is 9.12. The Labute approximate surface area is 149 Å². The number of aryl methyl sites for hydroxylation is 1. The van der Waals surface area contributed by atoms with Crippen molar-refractivity contribution < 1.29 is 18.8 Å². The lowest BCUT2D eigenvalue weighted by Gasteiger charge is -2.23. The Hall–Kier alpha value is -2.27. The quantitative estimate of drug-likeness (QED) is 0.768. The normalized spacial score (nSPS) is 15.9. The van der Waals surface area contributed by atoms with Gasteiger partial charge in [-0.15, -0.1) is 0 Å². The Morgan fingerprint density at radius 1 is 1.24 bits per heavy atom. The van der Waals surface area contributed by atoms with E-state index in [2.05, 4.69) is 12.2 Å². The molecule has 134 valence electrons. The Morgan fingerprint density at radius 2 is 2.00 bits per heavy atom. The molecular weight excluding hydrogens is 316 g/mol. The summed E-state index contributed by atoms with van der Waals surface area (Å²) in [6, 6.07) is 11.9. The van der Waals surface area contributed by atoms with E-state index in [0.717, 1.165) is 31.0 Å². The topological polar surface area (TPSA) is 55.9 Å². The molecule has 0 aliphatic carbocycles. The van der Waals surface area contributed by atoms with Crippen molar-refractivity contribution in [3.63, 3.8) is 0 Å². The molecule has 1 amide bonds. The lowest BCUT2D eigenvalue weighted by molar-refractivity contribution is -0.919. The number of hydrogen-bond donors (Lipinski definition) is 2. The molecule has 3 rings (SSSR count). The molecule has 2 aromatic rings. The van der Waals surface area contributed by atoms with Gasteiger partial charge in [-0.3, -0.25) is 4.79 Å². The third-order valence-electron chi connectivity index (χ3n) is 4.83. The molecule has 2 heterocycles. The summed E-state index contributed by atoms with van der Waals surface area (Å²) in [5.41, 5.74) is 1.26. The van der Waals surface area contributed by atoms with E-state index in [1.807, 2.05) is 36.4 Å². The third-order valence-corrected chi connectivity index (χ3v) is 4.83. The second kappa shape index (κ2) is 8.72. The molecule has 0 unspecified atom stereocenters. The summed E-state index contributed by atoms with van der Waals surface area (Å²) in [5.74, 6) is 1.56. The zero-order valence-electron chi connectivity index (χ0n) is 14.8. The van der Waals surface area contributed by atoms with E-state index in [1.54, 1.807) is 6.26 Å². The minimum Gasteiger partial charge on any atom is -0.484 e. The van der Waals surface area contributed by atoms with Crippen LogP contribution < -0.4 is 15.0 Å². The van der Waals surface area contributed by atoms with E-state index >= 15 is 0 Å². The molecule has 0 spiro atoms. The van der Waals surface area contributed by atoms with Crippen LogP contribution in [-0.2, 0) is 11.2 Å². The van der Waals surface area contributed by atoms with Crippen LogP contribution in [0, 0.1) is 0 Å². The minimum atomic E-state index is -0.102. The third kappa shape index (κ3) is 4.86. The van der Waals surface area contributed by atoms with Gasteiger partial charge in [0.2, 0.25) is 0 Å². The number of hydrogen-bond acceptors (Lipinski definition) is 3. The van der Waals surface area contributed by atoms with Crippen LogP contribution in [0.2, 0.25) is 0 Å². The molecule has 0 saturated carbocycles. The van der Waals surface area contributed by atoms with Crippen LogP contribution in [0.3, 0.4) is 0 Å². The fourth-order valence-electron chi connectivity index (χ4n) is 3.35. The molecule has 0 radical (unpaired) electrons. The lowest BCUT2D eigenvalue weighted by atomic mass is 10.2. The van der Waals surface area contributed by atoms with E-state index in [9.17, 15) is 4.79 Å². The average Bonchev–Trinajstić information content (AvgIpc) is 3.35. The molecule has 1 atom stereocenters. The van der Waals surface area contributed by atoms with E-state index in [4.69, 9.17) is 9.15 Å². The number of likely N-dealkylation sites (tertiary alicyclic amines) is 1. The highest BCUT2D eigenvalue weighted by Gasteiger charge is 2.29. The zero-order valence-corrected chi connectivity index (χ0v) is 14.8. The maximum absolute atomic E-state index is 12.2. The van der Waals surface area contributed by atoms with Crippen LogP contribution in [-0.4, -0.2) is 32.1 Å². The van der Waals surface area contributed by atoms with Gasteiger partial charge in [0.25, 0.3) is 5.91 Å². The minimum absolute atomic E-state index is 0.0334. The highest BCUT2D eigenvalue weighted by Crippen LogP contribution is 2.13. The van der Waals surface area contributed by atoms with Crippen molar-refractivity contribution >= 4 is 5.91 Å². The second-order valence-corrected chi connectivity index (χ2v) is 6.52. The smallest absolute Gasteiger partial charge is 0.258 e. The summed E-state index contributed by atoms with van der Waals surface area (Å²) in [5, 5.41) is 3.00. The zero-order chi connectivity index (χ0) is 17.5. The van der Waals surface area contributed by atoms with Gasteiger partial charge in [-0.05, 0) is 36.2 Å². The van der Waals surface area contributed by atoms with Gasteiger partial charge in [0.05, 0.1) is 25.9 Å². The summed E-state index contributed by atoms with van der Waals surface area (Å²) in [4.78, 5) is 13.6. The average molecular weight is 343 g/mol. The number of amides is 1. The number of benzene rings is 1. The number of carbonyl (C=O) groups is 1. The van der Waals surface area contributed by atoms with E-state index in [0.29, 0.717) is 6.54 Å². The number of rotatable bonds is 8. The number of nitrogens with one attached hydrogen (secondary N) is 2. The van der Waals surface area contributed by atoms with Crippen molar-refractivity contribution in [1.29, 1.82) is 0 Å². The van der Waals surface area contributed by atoms with Crippen LogP contribution in [0.25, 0.3) is 0 Å². The Balaban J connectivity index is 1.49. The fourth-order valence-corrected chi connectivity index (χ4v) is 3.35. The maximum Gasteiger partial charge on any atom is 0.258 e. The SMILES string of the molecule is CCc1ccc(OCC(=O)NC[C@H](c2ccco2)[NH+]2CCCC2)cc1. The first-order valence-electron chi connectivity index (χ1n) is 9.12. The molecule has 0 bridgehead atoms. The highest BCUT2D eigenvalue weighted by molar-refractivity contribution is 5.77. The predicted molar refractivity (Wildman–Crippen MR) is 95.7 cm³/mol. The molecule has 25 heavy (non-hydrogen) atoms. The number of quaternary nitrogens is 1. The summed E-state index contributed by atoms with van der Waals surface area (Å²) < 4.78 is 11.2. The number of ether oxygens (including phenoxy) is 1. The van der Waals surface area contributed by atoms with Gasteiger partial charge in [0.15, 0.2) is 18.4 Å². The molecule has 1 aromatic heterocycles. The standard InChI is InChI=1S/C20H26N2O3/c1-2-16-7-9-17(10-8-16)25-15-20(23)21-14-18(19-6-5-13-24-19)22-11-3-4-12-22/h5-10,13,18H,2-4,11-12,14-15H2,1H3,(H,21,23)/p+1/t18-/m1/s1. The van der Waals surface area contributed by atoms with Gasteiger partial charge in [0.1, 0.15) is 5.75 Å². The summed E-state index contributed by atoms with van der Waals surface area (Å²) in [7, 11) is 0. The van der Waals surface area contributed by atoms with E-state index in [1.165, 1.54) is 23.3 Å². The number of carbonyl (C=O) groups excluding carboxylic acids is 1. The molecule has 1 aliphatic rings. The Morgan fingerprint density at radius 3 is 2.64 bits per heavy atom. The molecule has 1 aliphatic heterocycles. The fraction of sp³-hybridized carbons (Fsp3) is 0.450. The van der Waals surface area contributed by atoms with E-state index in [-0.39, 0.29) is 18.6 Å². The van der Waals surface area contributed by atoms with Gasteiger partial charge in [-0.25, -0.2) is 0 Å². The second-order valence-electron chi connectivity index (χ2n) is 6.52. The molecular formula is C20H27N2O3+. The van der Waals surface area contributed by atoms with Crippen LogP contribution in [0.15, 0.2) is 47.1 Å². The highest BCUT2D eigenvalue weighted by atomic mass is 16.5.